The molecule has 0 aromatic heterocycles. The van der Waals surface area contributed by atoms with Crippen LogP contribution < -0.4 is 0 Å². The van der Waals surface area contributed by atoms with E-state index in [1.807, 2.05) is 0 Å². The van der Waals surface area contributed by atoms with Gasteiger partial charge in [0, 0.05) is 5.57 Å². The van der Waals surface area contributed by atoms with Crippen molar-refractivity contribution in [1.29, 1.82) is 0 Å². The molecule has 0 amide bonds. The van der Waals surface area contributed by atoms with Gasteiger partial charge in [0.05, 0.1) is 6.42 Å². The molecule has 1 aliphatic heterocycles. The van der Waals surface area contributed by atoms with Crippen LogP contribution in [0.3, 0.4) is 0 Å². The van der Waals surface area contributed by atoms with E-state index in [-0.39, 0.29) is 5.57 Å². The van der Waals surface area contributed by atoms with Gasteiger partial charge in [-0.2, -0.15) is 0 Å². The van der Waals surface area contributed by atoms with E-state index in [0.29, 0.717) is 0 Å². The molecule has 1 heterocycles. The van der Waals surface area contributed by atoms with E-state index in [9.17, 15) is 18.0 Å². The van der Waals surface area contributed by atoms with Crippen molar-refractivity contribution < 1.29 is 26.4 Å². The molecule has 1 aliphatic rings. The molecule has 0 N–H and O–H groups in total. The molecule has 0 atom stereocenters. The Bertz CT molecular complexity index is 350. The molecule has 0 radical (unpaired) electrons. The predicted molar refractivity (Wildman–Crippen MR) is 34.9 cm³/mol. The van der Waals surface area contributed by atoms with Gasteiger partial charge in [0.2, 0.25) is 0 Å². The van der Waals surface area contributed by atoms with Crippen LogP contribution in [-0.4, -0.2) is 20.4 Å². The fourth-order valence-electron chi connectivity index (χ4n) is 0.558. The van der Waals surface area contributed by atoms with Gasteiger partial charge in [-0.1, -0.05) is 6.58 Å². The van der Waals surface area contributed by atoms with Gasteiger partial charge in [0.25, 0.3) is 0 Å². The summed E-state index contributed by atoms with van der Waals surface area (Å²) in [6, 6.07) is 0. The predicted octanol–water partition coefficient (Wildman–Crippen LogP) is -0.723. The quantitative estimate of drug-likeness (QED) is 0.470. The van der Waals surface area contributed by atoms with Crippen LogP contribution in [0.4, 0.5) is 0 Å². The van der Waals surface area contributed by atoms with E-state index in [0.717, 1.165) is 0 Å². The molecule has 12 heavy (non-hydrogen) atoms. The zero-order valence-corrected chi connectivity index (χ0v) is 6.59. The maximum Gasteiger partial charge on any atom is 0.506 e. The maximum atomic E-state index is 10.6. The van der Waals surface area contributed by atoms with Crippen LogP contribution in [-0.2, 0) is 28.4 Å². The van der Waals surface area contributed by atoms with E-state index < -0.39 is 28.8 Å². The summed E-state index contributed by atoms with van der Waals surface area (Å²) in [6.45, 7) is 3.13. The molecule has 0 aromatic rings. The molecule has 66 valence electrons. The summed E-state index contributed by atoms with van der Waals surface area (Å²) in [4.78, 5) is 21.2. The fraction of sp³-hybridized carbons (Fsp3) is 0.200. The topological polar surface area (TPSA) is 86.7 Å². The number of hydrogen-bond donors (Lipinski definition) is 0. The molecular formula is C5H4O6S. The van der Waals surface area contributed by atoms with Crippen molar-refractivity contribution in [2.75, 3.05) is 0 Å². The summed E-state index contributed by atoms with van der Waals surface area (Å²) in [6.07, 6.45) is -0.474. The standard InChI is InChI=1S/C5H4O6S/c1-3-2-4(6)10-12(8,9)11-5(3)7/h1-2H2. The Balaban J connectivity index is 3.03. The largest absolute Gasteiger partial charge is 0.506 e. The highest BCUT2D eigenvalue weighted by Gasteiger charge is 2.30. The second-order valence-corrected chi connectivity index (χ2v) is 3.16. The molecule has 0 bridgehead atoms. The smallest absolute Gasteiger partial charge is 0.316 e. The summed E-state index contributed by atoms with van der Waals surface area (Å²) in [7, 11) is -4.51. The minimum atomic E-state index is -4.51. The lowest BCUT2D eigenvalue weighted by molar-refractivity contribution is -0.133. The van der Waals surface area contributed by atoms with Gasteiger partial charge in [-0.15, -0.1) is 8.42 Å². The highest BCUT2D eigenvalue weighted by molar-refractivity contribution is 7.82. The van der Waals surface area contributed by atoms with Crippen LogP contribution in [0, 0.1) is 0 Å². The SMILES string of the molecule is C=C1CC(=O)OS(=O)(=O)OC1=O. The summed E-state index contributed by atoms with van der Waals surface area (Å²) >= 11 is 0. The van der Waals surface area contributed by atoms with Crippen LogP contribution in [0.25, 0.3) is 0 Å². The van der Waals surface area contributed by atoms with Crippen molar-refractivity contribution in [3.8, 4) is 0 Å². The molecule has 1 saturated heterocycles. The minimum Gasteiger partial charge on any atom is -0.316 e. The van der Waals surface area contributed by atoms with E-state index in [4.69, 9.17) is 0 Å². The lowest BCUT2D eigenvalue weighted by atomic mass is 10.2. The monoisotopic (exact) mass is 192 g/mol. The van der Waals surface area contributed by atoms with Crippen molar-refractivity contribution in [1.82, 2.24) is 0 Å². The highest BCUT2D eigenvalue weighted by Crippen LogP contribution is 2.13. The third-order valence-electron chi connectivity index (χ3n) is 1.02. The number of carbonyl (C=O) groups excluding carboxylic acids is 2. The molecule has 0 saturated carbocycles. The molecule has 1 rings (SSSR count). The highest BCUT2D eigenvalue weighted by atomic mass is 32.3. The van der Waals surface area contributed by atoms with E-state index in [1.165, 1.54) is 0 Å². The minimum absolute atomic E-state index is 0.249. The molecule has 7 heteroatoms. The summed E-state index contributed by atoms with van der Waals surface area (Å²) in [5.41, 5.74) is -0.249. The molecular weight excluding hydrogens is 188 g/mol. The zero-order valence-electron chi connectivity index (χ0n) is 5.77. The van der Waals surface area contributed by atoms with Gasteiger partial charge in [-0.3, -0.25) is 4.79 Å². The van der Waals surface area contributed by atoms with Gasteiger partial charge < -0.3 is 8.37 Å². The molecule has 0 aliphatic carbocycles. The molecule has 0 aromatic carbocycles. The third-order valence-corrected chi connectivity index (χ3v) is 1.76. The van der Waals surface area contributed by atoms with Crippen molar-refractivity contribution in [2.24, 2.45) is 0 Å². The Labute approximate surface area is 68.1 Å². The van der Waals surface area contributed by atoms with E-state index >= 15 is 0 Å². The Morgan fingerprint density at radius 3 is 2.42 bits per heavy atom. The van der Waals surface area contributed by atoms with Crippen LogP contribution in [0.15, 0.2) is 12.2 Å². The van der Waals surface area contributed by atoms with Crippen LogP contribution in [0.5, 0.6) is 0 Å². The van der Waals surface area contributed by atoms with Crippen molar-refractivity contribution in [2.45, 2.75) is 6.42 Å². The average molecular weight is 192 g/mol. The molecule has 1 fully saturated rings. The lowest BCUT2D eigenvalue weighted by Crippen LogP contribution is -2.13. The first-order chi connectivity index (χ1) is 5.41. The Morgan fingerprint density at radius 2 is 1.83 bits per heavy atom. The Hall–Kier alpha value is -1.37. The number of hydrogen-bond acceptors (Lipinski definition) is 6. The van der Waals surface area contributed by atoms with Crippen molar-refractivity contribution in [3.63, 3.8) is 0 Å². The van der Waals surface area contributed by atoms with Crippen molar-refractivity contribution in [3.05, 3.63) is 12.2 Å². The second kappa shape index (κ2) is 2.59. The molecule has 6 nitrogen and oxygen atoms in total. The van der Waals surface area contributed by atoms with E-state index in [2.05, 4.69) is 14.9 Å². The van der Waals surface area contributed by atoms with Gasteiger partial charge in [0.1, 0.15) is 0 Å². The molecule has 0 spiro atoms. The average Bonchev–Trinajstić information content (AvgIpc) is 1.89. The first-order valence-electron chi connectivity index (χ1n) is 2.79. The maximum absolute atomic E-state index is 10.6. The van der Waals surface area contributed by atoms with Gasteiger partial charge in [-0.25, -0.2) is 4.79 Å². The molecule has 0 unspecified atom stereocenters. The van der Waals surface area contributed by atoms with Crippen molar-refractivity contribution >= 4 is 22.3 Å². The van der Waals surface area contributed by atoms with Crippen LogP contribution in [0.1, 0.15) is 6.42 Å². The first kappa shape index (κ1) is 8.72. The lowest BCUT2D eigenvalue weighted by Gasteiger charge is -1.96. The van der Waals surface area contributed by atoms with Crippen LogP contribution >= 0.6 is 0 Å². The Kier molecular flexibility index (Phi) is 1.89. The van der Waals surface area contributed by atoms with Gasteiger partial charge in [0.15, 0.2) is 0 Å². The fourth-order valence-corrected chi connectivity index (χ4v) is 1.18. The van der Waals surface area contributed by atoms with Gasteiger partial charge in [-0.05, 0) is 0 Å². The van der Waals surface area contributed by atoms with E-state index in [1.54, 1.807) is 0 Å². The summed E-state index contributed by atoms with van der Waals surface area (Å²) in [5.74, 6) is -2.24. The third kappa shape index (κ3) is 1.82. The Morgan fingerprint density at radius 1 is 1.25 bits per heavy atom. The summed E-state index contributed by atoms with van der Waals surface area (Å²) in [5, 5.41) is 0. The number of carbonyl (C=O) groups is 2. The van der Waals surface area contributed by atoms with Crippen LogP contribution in [0.2, 0.25) is 0 Å². The normalized spacial score (nSPS) is 22.5. The zero-order chi connectivity index (χ0) is 9.35. The number of rotatable bonds is 0. The summed E-state index contributed by atoms with van der Waals surface area (Å²) < 4.78 is 28.6. The van der Waals surface area contributed by atoms with Gasteiger partial charge >= 0.3 is 22.3 Å². The first-order valence-corrected chi connectivity index (χ1v) is 4.13. The second-order valence-electron chi connectivity index (χ2n) is 2.01.